The summed E-state index contributed by atoms with van der Waals surface area (Å²) in [6.07, 6.45) is -1.58. The Bertz CT molecular complexity index is 470. The molecular weight excluding hydrogens is 353 g/mol. The smallest absolute Gasteiger partial charge is 0.391 e. The number of thioether (sulfide) groups is 1. The molecule has 1 saturated carbocycles. The first kappa shape index (κ1) is 19.6. The van der Waals surface area contributed by atoms with E-state index in [0.29, 0.717) is 23.9 Å². The molecule has 0 spiro atoms. The van der Waals surface area contributed by atoms with Gasteiger partial charge < -0.3 is 4.74 Å². The van der Waals surface area contributed by atoms with Gasteiger partial charge in [-0.25, -0.2) is 4.98 Å². The van der Waals surface area contributed by atoms with Crippen LogP contribution < -0.4 is 4.74 Å². The van der Waals surface area contributed by atoms with Gasteiger partial charge in [0.2, 0.25) is 5.88 Å². The van der Waals surface area contributed by atoms with Gasteiger partial charge in [-0.1, -0.05) is 23.4 Å². The number of aromatic nitrogens is 2. The first-order valence-electron chi connectivity index (χ1n) is 6.20. The van der Waals surface area contributed by atoms with Gasteiger partial charge in [0.25, 0.3) is 0 Å². The summed E-state index contributed by atoms with van der Waals surface area (Å²) in [7, 11) is 0. The molecule has 1 aliphatic rings. The number of hydrogen-bond acceptors (Lipinski definition) is 4. The zero-order valence-corrected chi connectivity index (χ0v) is 13.4. The van der Waals surface area contributed by atoms with Gasteiger partial charge in [0.05, 0.1) is 5.92 Å². The van der Waals surface area contributed by atoms with Crippen LogP contribution in [0, 0.1) is 43.7 Å². The molecule has 0 atom stereocenters. The van der Waals surface area contributed by atoms with E-state index in [1.807, 2.05) is 6.26 Å². The van der Waals surface area contributed by atoms with Crippen molar-refractivity contribution in [2.75, 3.05) is 6.26 Å². The van der Waals surface area contributed by atoms with Gasteiger partial charge in [0.15, 0.2) is 5.16 Å². The average molecular weight is 367 g/mol. The van der Waals surface area contributed by atoms with Crippen LogP contribution in [0.4, 0.5) is 13.2 Å². The molecule has 120 valence electrons. The standard InChI is InChI=1S/C12H14ClF3N2OS.Ar/c1-20-11-17-9(13)6-10(18-11)19-8-4-2-7(3-5-8)12(14,15)16;/h6-8H,2-5H2,1H3;. The van der Waals surface area contributed by atoms with Gasteiger partial charge in [-0.3, -0.25) is 0 Å². The van der Waals surface area contributed by atoms with Crippen LogP contribution in [-0.2, 0) is 0 Å². The van der Waals surface area contributed by atoms with Crippen molar-refractivity contribution in [2.24, 2.45) is 5.92 Å². The molecule has 2 rings (SSSR count). The molecule has 21 heavy (non-hydrogen) atoms. The molecule has 0 bridgehead atoms. The van der Waals surface area contributed by atoms with E-state index in [9.17, 15) is 13.2 Å². The maximum Gasteiger partial charge on any atom is 0.391 e. The minimum atomic E-state index is -4.10. The molecule has 0 saturated heterocycles. The Labute approximate surface area is 160 Å². The number of alkyl halides is 3. The molecule has 0 amide bonds. The van der Waals surface area contributed by atoms with Gasteiger partial charge >= 0.3 is 6.18 Å². The zero-order valence-electron chi connectivity index (χ0n) is 11.1. The van der Waals surface area contributed by atoms with Gasteiger partial charge in [0.1, 0.15) is 11.3 Å². The van der Waals surface area contributed by atoms with E-state index in [2.05, 4.69) is 9.97 Å². The van der Waals surface area contributed by atoms with Gasteiger partial charge in [-0.05, 0) is 31.9 Å². The van der Waals surface area contributed by atoms with Gasteiger partial charge in [0, 0.05) is 43.8 Å². The van der Waals surface area contributed by atoms with E-state index in [1.165, 1.54) is 17.8 Å². The molecule has 1 heterocycles. The van der Waals surface area contributed by atoms with Crippen LogP contribution in [0.2, 0.25) is 5.15 Å². The molecule has 1 aromatic heterocycles. The number of ether oxygens (including phenoxy) is 1. The summed E-state index contributed by atoms with van der Waals surface area (Å²) in [5.41, 5.74) is 0. The van der Waals surface area contributed by atoms with Crippen LogP contribution in [-0.4, -0.2) is 28.5 Å². The molecule has 1 aliphatic carbocycles. The Hall–Kier alpha value is 0.570. The van der Waals surface area contributed by atoms with Gasteiger partial charge in [-0.2, -0.15) is 18.2 Å². The molecule has 0 radical (unpaired) electrons. The summed E-state index contributed by atoms with van der Waals surface area (Å²) < 4.78 is 43.3. The molecular formula is C12H14ArClF3N2OS. The van der Waals surface area contributed by atoms with Gasteiger partial charge in [-0.15, -0.1) is 0 Å². The summed E-state index contributed by atoms with van der Waals surface area (Å²) in [5.74, 6) is -0.886. The second kappa shape index (κ2) is 8.43. The van der Waals surface area contributed by atoms with E-state index >= 15 is 0 Å². The van der Waals surface area contributed by atoms with Crippen LogP contribution in [0.15, 0.2) is 11.2 Å². The summed E-state index contributed by atoms with van der Waals surface area (Å²) >= 11 is 7.16. The van der Waals surface area contributed by atoms with Crippen LogP contribution in [0.3, 0.4) is 0 Å². The maximum atomic E-state index is 12.6. The van der Waals surface area contributed by atoms with E-state index < -0.39 is 12.1 Å². The van der Waals surface area contributed by atoms with Crippen molar-refractivity contribution in [3.05, 3.63) is 11.2 Å². The van der Waals surface area contributed by atoms with E-state index in [-0.39, 0.29) is 61.8 Å². The van der Waals surface area contributed by atoms with E-state index in [4.69, 9.17) is 16.3 Å². The summed E-state index contributed by atoms with van der Waals surface area (Å²) in [6, 6.07) is 1.48. The van der Waals surface area contributed by atoms with Crippen LogP contribution in [0.25, 0.3) is 0 Å². The van der Waals surface area contributed by atoms with Crippen LogP contribution in [0.1, 0.15) is 25.7 Å². The fraction of sp³-hybridized carbons (Fsp3) is 0.667. The largest absolute Gasteiger partial charge is 0.474 e. The fourth-order valence-electron chi connectivity index (χ4n) is 2.21. The Kier molecular flexibility index (Phi) is 7.87. The molecule has 3 nitrogen and oxygen atoms in total. The number of halogens is 4. The number of hydrogen-bond donors (Lipinski definition) is 0. The Morgan fingerprint density at radius 2 is 1.86 bits per heavy atom. The van der Waals surface area contributed by atoms with Crippen molar-refractivity contribution in [1.82, 2.24) is 9.97 Å². The topological polar surface area (TPSA) is 35.0 Å². The average Bonchev–Trinajstić information content (AvgIpc) is 2.37. The third-order valence-corrected chi connectivity index (χ3v) is 4.00. The first-order valence-corrected chi connectivity index (χ1v) is 7.80. The second-order valence-corrected chi connectivity index (χ2v) is 5.81. The van der Waals surface area contributed by atoms with Crippen LogP contribution >= 0.6 is 23.4 Å². The number of rotatable bonds is 3. The third kappa shape index (κ3) is 5.94. The van der Waals surface area contributed by atoms with Crippen molar-refractivity contribution in [3.63, 3.8) is 0 Å². The minimum Gasteiger partial charge on any atom is -0.474 e. The quantitative estimate of drug-likeness (QED) is 0.452. The molecule has 9 heteroatoms. The SMILES string of the molecule is CSc1nc(Cl)cc(OC2CCC(C(F)(F)F)CC2)n1.[Ar]. The molecule has 1 fully saturated rings. The first-order chi connectivity index (χ1) is 9.38. The minimum absolute atomic E-state index is 0. The van der Waals surface area contributed by atoms with Crippen molar-refractivity contribution in [1.29, 1.82) is 0 Å². The Balaban J connectivity index is 0.00000220. The molecule has 1 aromatic rings. The third-order valence-electron chi connectivity index (χ3n) is 3.26. The monoisotopic (exact) mass is 366 g/mol. The zero-order chi connectivity index (χ0) is 14.8. The second-order valence-electron chi connectivity index (χ2n) is 4.65. The fourth-order valence-corrected chi connectivity index (χ4v) is 2.80. The Morgan fingerprint density at radius 3 is 2.38 bits per heavy atom. The van der Waals surface area contributed by atoms with E-state index in [0.717, 1.165) is 0 Å². The molecule has 0 unspecified atom stereocenters. The molecule has 0 aliphatic heterocycles. The summed E-state index contributed by atoms with van der Waals surface area (Å²) in [5, 5.41) is 0.750. The Morgan fingerprint density at radius 1 is 1.24 bits per heavy atom. The summed E-state index contributed by atoms with van der Waals surface area (Å²) in [4.78, 5) is 8.12. The predicted octanol–water partition coefficient (Wildman–Crippen LogP) is 4.35. The maximum absolute atomic E-state index is 12.6. The normalized spacial score (nSPS) is 22.5. The van der Waals surface area contributed by atoms with Crippen molar-refractivity contribution in [3.8, 4) is 5.88 Å². The van der Waals surface area contributed by atoms with Crippen LogP contribution in [0.5, 0.6) is 5.88 Å². The summed E-state index contributed by atoms with van der Waals surface area (Å²) in [6.45, 7) is 0. The van der Waals surface area contributed by atoms with Crippen molar-refractivity contribution >= 4 is 23.4 Å². The number of nitrogens with zero attached hydrogens (tertiary/aromatic N) is 2. The van der Waals surface area contributed by atoms with Crippen molar-refractivity contribution < 1.29 is 55.6 Å². The van der Waals surface area contributed by atoms with Crippen molar-refractivity contribution in [2.45, 2.75) is 43.1 Å². The molecule has 0 aromatic carbocycles. The molecule has 0 N–H and O–H groups in total. The van der Waals surface area contributed by atoms with E-state index in [1.54, 1.807) is 0 Å². The predicted molar refractivity (Wildman–Crippen MR) is 71.3 cm³/mol.